The van der Waals surface area contributed by atoms with E-state index in [1.807, 2.05) is 18.2 Å². The second-order valence-electron chi connectivity index (χ2n) is 4.37. The summed E-state index contributed by atoms with van der Waals surface area (Å²) in [6.45, 7) is 0. The fourth-order valence-electron chi connectivity index (χ4n) is 1.96. The second-order valence-corrected chi connectivity index (χ2v) is 5.28. The summed E-state index contributed by atoms with van der Waals surface area (Å²) in [4.78, 5) is 10.6. The number of hydrogen-bond donors (Lipinski definition) is 1. The van der Waals surface area contributed by atoms with E-state index in [-0.39, 0.29) is 6.10 Å². The molecule has 1 aliphatic carbocycles. The van der Waals surface area contributed by atoms with Gasteiger partial charge in [0.15, 0.2) is 0 Å². The molecule has 100 valence electrons. The van der Waals surface area contributed by atoms with Crippen molar-refractivity contribution in [1.29, 1.82) is 0 Å². The topological polar surface area (TPSA) is 46.5 Å². The third-order valence-corrected chi connectivity index (χ3v) is 3.36. The summed E-state index contributed by atoms with van der Waals surface area (Å²) in [5.74, 6) is -0.263. The van der Waals surface area contributed by atoms with E-state index in [4.69, 9.17) is 9.84 Å². The van der Waals surface area contributed by atoms with Gasteiger partial charge in [0.2, 0.25) is 0 Å². The highest BCUT2D eigenvalue weighted by Gasteiger charge is 2.12. The SMILES string of the molecule is O=C(O)/C=C/c1cc(Br)ccc1OC1C=CCCC1. The van der Waals surface area contributed by atoms with Crippen molar-refractivity contribution in [1.82, 2.24) is 0 Å². The molecule has 0 amide bonds. The average molecular weight is 323 g/mol. The van der Waals surface area contributed by atoms with Crippen molar-refractivity contribution < 1.29 is 14.6 Å². The molecule has 0 saturated carbocycles. The molecule has 1 atom stereocenters. The average Bonchev–Trinajstić information content (AvgIpc) is 2.40. The van der Waals surface area contributed by atoms with E-state index in [1.54, 1.807) is 6.08 Å². The summed E-state index contributed by atoms with van der Waals surface area (Å²) in [6, 6.07) is 5.59. The lowest BCUT2D eigenvalue weighted by atomic mass is 10.1. The van der Waals surface area contributed by atoms with Gasteiger partial charge in [-0.15, -0.1) is 0 Å². The molecule has 2 rings (SSSR count). The predicted octanol–water partition coefficient (Wildman–Crippen LogP) is 4.03. The van der Waals surface area contributed by atoms with Crippen molar-refractivity contribution in [3.63, 3.8) is 0 Å². The largest absolute Gasteiger partial charge is 0.486 e. The van der Waals surface area contributed by atoms with E-state index in [2.05, 4.69) is 28.1 Å². The van der Waals surface area contributed by atoms with Crippen LogP contribution < -0.4 is 4.74 Å². The molecule has 1 N–H and O–H groups in total. The van der Waals surface area contributed by atoms with Crippen LogP contribution in [0.4, 0.5) is 0 Å². The normalized spacial score (nSPS) is 18.7. The molecule has 19 heavy (non-hydrogen) atoms. The van der Waals surface area contributed by atoms with Crippen molar-refractivity contribution in [3.05, 3.63) is 46.5 Å². The Labute approximate surface area is 120 Å². The Morgan fingerprint density at radius 1 is 1.47 bits per heavy atom. The molecule has 0 bridgehead atoms. The van der Waals surface area contributed by atoms with E-state index < -0.39 is 5.97 Å². The number of ether oxygens (including phenoxy) is 1. The fourth-order valence-corrected chi connectivity index (χ4v) is 2.34. The molecule has 1 unspecified atom stereocenters. The lowest BCUT2D eigenvalue weighted by molar-refractivity contribution is -0.131. The first-order valence-electron chi connectivity index (χ1n) is 6.19. The Balaban J connectivity index is 2.20. The Hall–Kier alpha value is -1.55. The van der Waals surface area contributed by atoms with Gasteiger partial charge in [-0.1, -0.05) is 22.0 Å². The molecule has 0 saturated heterocycles. The highest BCUT2D eigenvalue weighted by molar-refractivity contribution is 9.10. The van der Waals surface area contributed by atoms with Crippen LogP contribution in [0.1, 0.15) is 24.8 Å². The summed E-state index contributed by atoms with van der Waals surface area (Å²) >= 11 is 3.38. The predicted molar refractivity (Wildman–Crippen MR) is 78.2 cm³/mol. The molecule has 1 aromatic rings. The minimum absolute atomic E-state index is 0.0758. The van der Waals surface area contributed by atoms with Gasteiger partial charge in [-0.25, -0.2) is 4.79 Å². The monoisotopic (exact) mass is 322 g/mol. The third-order valence-electron chi connectivity index (χ3n) is 2.87. The maximum absolute atomic E-state index is 10.6. The van der Waals surface area contributed by atoms with E-state index in [0.717, 1.165) is 35.4 Å². The molecule has 3 nitrogen and oxygen atoms in total. The fraction of sp³-hybridized carbons (Fsp3) is 0.267. The van der Waals surface area contributed by atoms with Crippen LogP contribution in [-0.2, 0) is 4.79 Å². The standard InChI is InChI=1S/C15H15BrO3/c16-12-7-8-14(11(10-12)6-9-15(17)18)19-13-4-2-1-3-5-13/h2,4,6-10,13H,1,3,5H2,(H,17,18)/b9-6+. The quantitative estimate of drug-likeness (QED) is 0.672. The zero-order chi connectivity index (χ0) is 13.7. The lowest BCUT2D eigenvalue weighted by Crippen LogP contribution is -2.16. The van der Waals surface area contributed by atoms with Gasteiger partial charge in [0.05, 0.1) is 0 Å². The molecule has 0 heterocycles. The van der Waals surface area contributed by atoms with Gasteiger partial charge < -0.3 is 9.84 Å². The summed E-state index contributed by atoms with van der Waals surface area (Å²) in [6.07, 6.45) is 10.2. The number of hydrogen-bond acceptors (Lipinski definition) is 2. The Kier molecular flexibility index (Phi) is 4.80. The van der Waals surface area contributed by atoms with Gasteiger partial charge in [-0.05, 0) is 49.6 Å². The maximum atomic E-state index is 10.6. The van der Waals surface area contributed by atoms with Gasteiger partial charge in [0, 0.05) is 16.1 Å². The first kappa shape index (κ1) is 13.9. The van der Waals surface area contributed by atoms with Crippen LogP contribution >= 0.6 is 15.9 Å². The number of aliphatic carboxylic acids is 1. The molecule has 0 aliphatic heterocycles. The molecule has 1 aromatic carbocycles. The van der Waals surface area contributed by atoms with Crippen LogP contribution in [0.5, 0.6) is 5.75 Å². The van der Waals surface area contributed by atoms with Crippen molar-refractivity contribution in [2.75, 3.05) is 0 Å². The van der Waals surface area contributed by atoms with Crippen LogP contribution in [-0.4, -0.2) is 17.2 Å². The van der Waals surface area contributed by atoms with Gasteiger partial charge in [0.1, 0.15) is 11.9 Å². The number of carboxylic acids is 1. The van der Waals surface area contributed by atoms with Crippen LogP contribution in [0, 0.1) is 0 Å². The van der Waals surface area contributed by atoms with E-state index in [9.17, 15) is 4.79 Å². The number of rotatable bonds is 4. The van der Waals surface area contributed by atoms with E-state index in [0.29, 0.717) is 5.75 Å². The minimum Gasteiger partial charge on any atom is -0.486 e. The number of benzene rings is 1. The minimum atomic E-state index is -0.969. The molecule has 0 spiro atoms. The number of halogens is 1. The Morgan fingerprint density at radius 2 is 2.32 bits per heavy atom. The first-order valence-corrected chi connectivity index (χ1v) is 6.98. The molecule has 0 fully saturated rings. The zero-order valence-corrected chi connectivity index (χ0v) is 12.0. The van der Waals surface area contributed by atoms with Gasteiger partial charge in [-0.3, -0.25) is 0 Å². The maximum Gasteiger partial charge on any atom is 0.328 e. The van der Waals surface area contributed by atoms with Crippen LogP contribution in [0.3, 0.4) is 0 Å². The van der Waals surface area contributed by atoms with Crippen molar-refractivity contribution in [2.45, 2.75) is 25.4 Å². The summed E-state index contributed by atoms with van der Waals surface area (Å²) < 4.78 is 6.81. The Bertz CT molecular complexity index is 520. The Morgan fingerprint density at radius 3 is 3.00 bits per heavy atom. The molecule has 4 heteroatoms. The third kappa shape index (κ3) is 4.24. The van der Waals surface area contributed by atoms with Crippen molar-refractivity contribution >= 4 is 28.0 Å². The summed E-state index contributed by atoms with van der Waals surface area (Å²) in [5, 5.41) is 8.71. The number of carbonyl (C=O) groups is 1. The first-order chi connectivity index (χ1) is 9.15. The molecule has 0 radical (unpaired) electrons. The molecular formula is C15H15BrO3. The highest BCUT2D eigenvalue weighted by Crippen LogP contribution is 2.27. The van der Waals surface area contributed by atoms with Crippen LogP contribution in [0.2, 0.25) is 0 Å². The van der Waals surface area contributed by atoms with Crippen molar-refractivity contribution in [3.8, 4) is 5.75 Å². The molecular weight excluding hydrogens is 308 g/mol. The molecule has 0 aromatic heterocycles. The van der Waals surface area contributed by atoms with Crippen LogP contribution in [0.25, 0.3) is 6.08 Å². The van der Waals surface area contributed by atoms with Crippen LogP contribution in [0.15, 0.2) is 40.9 Å². The van der Waals surface area contributed by atoms with Crippen molar-refractivity contribution in [2.24, 2.45) is 0 Å². The highest BCUT2D eigenvalue weighted by atomic mass is 79.9. The number of allylic oxidation sites excluding steroid dienone is 1. The molecule has 1 aliphatic rings. The van der Waals surface area contributed by atoms with Gasteiger partial charge in [-0.2, -0.15) is 0 Å². The zero-order valence-electron chi connectivity index (χ0n) is 10.4. The summed E-state index contributed by atoms with van der Waals surface area (Å²) in [5.41, 5.74) is 0.760. The van der Waals surface area contributed by atoms with E-state index in [1.165, 1.54) is 0 Å². The van der Waals surface area contributed by atoms with E-state index >= 15 is 0 Å². The second kappa shape index (κ2) is 6.57. The smallest absolute Gasteiger partial charge is 0.328 e. The lowest BCUT2D eigenvalue weighted by Gasteiger charge is -2.19. The van der Waals surface area contributed by atoms with Gasteiger partial charge in [0.25, 0.3) is 0 Å². The number of carboxylic acid groups (broad SMARTS) is 1. The van der Waals surface area contributed by atoms with Gasteiger partial charge >= 0.3 is 5.97 Å². The summed E-state index contributed by atoms with van der Waals surface area (Å²) in [7, 11) is 0.